The normalized spacial score (nSPS) is 20.1. The first-order chi connectivity index (χ1) is 11.4. The van der Waals surface area contributed by atoms with E-state index >= 15 is 0 Å². The van der Waals surface area contributed by atoms with Gasteiger partial charge in [0.25, 0.3) is 5.91 Å². The third-order valence-corrected chi connectivity index (χ3v) is 3.96. The molecule has 7 nitrogen and oxygen atoms in total. The Morgan fingerprint density at radius 2 is 2.00 bits per heavy atom. The van der Waals surface area contributed by atoms with Gasteiger partial charge in [0.05, 0.1) is 17.6 Å². The predicted octanol–water partition coefficient (Wildman–Crippen LogP) is 2.06. The van der Waals surface area contributed by atoms with Gasteiger partial charge >= 0.3 is 5.97 Å². The van der Waals surface area contributed by atoms with E-state index < -0.39 is 18.2 Å². The Labute approximate surface area is 139 Å². The number of aryl methyl sites for hydroxylation is 2. The van der Waals surface area contributed by atoms with Crippen molar-refractivity contribution >= 4 is 17.6 Å². The Hall–Kier alpha value is -2.67. The highest BCUT2D eigenvalue weighted by molar-refractivity contribution is 5.96. The number of nitrogens with one attached hydrogen (secondary N) is 1. The van der Waals surface area contributed by atoms with Crippen LogP contribution in [0.1, 0.15) is 24.0 Å². The fourth-order valence-corrected chi connectivity index (χ4v) is 2.72. The fourth-order valence-electron chi connectivity index (χ4n) is 2.72. The lowest BCUT2D eigenvalue weighted by atomic mass is 10.1. The maximum atomic E-state index is 12.4. The molecule has 1 fully saturated rings. The molecule has 0 bridgehead atoms. The third-order valence-electron chi connectivity index (χ3n) is 3.96. The van der Waals surface area contributed by atoms with Crippen LogP contribution >= 0.6 is 0 Å². The Kier molecular flexibility index (Phi) is 4.35. The van der Waals surface area contributed by atoms with Crippen LogP contribution in [0.15, 0.2) is 30.6 Å². The van der Waals surface area contributed by atoms with E-state index in [1.165, 1.54) is 0 Å². The largest absolute Gasteiger partial charge is 0.479 e. The first kappa shape index (κ1) is 16.2. The number of hydrogen-bond acceptors (Lipinski definition) is 4. The van der Waals surface area contributed by atoms with Gasteiger partial charge < -0.3 is 15.2 Å². The number of hydrogen-bond donors (Lipinski definition) is 2. The quantitative estimate of drug-likeness (QED) is 0.895. The van der Waals surface area contributed by atoms with E-state index in [1.807, 2.05) is 38.2 Å². The maximum absolute atomic E-state index is 12.4. The number of amides is 1. The summed E-state index contributed by atoms with van der Waals surface area (Å²) in [5, 5.41) is 16.1. The van der Waals surface area contributed by atoms with Crippen LogP contribution in [0, 0.1) is 13.8 Å². The van der Waals surface area contributed by atoms with Crippen molar-refractivity contribution in [1.82, 2.24) is 9.78 Å². The maximum Gasteiger partial charge on any atom is 0.332 e. The molecule has 0 unspecified atom stereocenters. The van der Waals surface area contributed by atoms with Gasteiger partial charge in [-0.1, -0.05) is 6.07 Å². The van der Waals surface area contributed by atoms with Crippen molar-refractivity contribution in [2.75, 3.05) is 5.32 Å². The van der Waals surface area contributed by atoms with Crippen molar-refractivity contribution < 1.29 is 19.4 Å². The summed E-state index contributed by atoms with van der Waals surface area (Å²) in [4.78, 5) is 23.4. The summed E-state index contributed by atoms with van der Waals surface area (Å²) in [6.45, 7) is 3.87. The van der Waals surface area contributed by atoms with Crippen molar-refractivity contribution in [2.45, 2.75) is 38.9 Å². The minimum absolute atomic E-state index is 0.338. The van der Waals surface area contributed by atoms with Crippen LogP contribution in [0.3, 0.4) is 0 Å². The van der Waals surface area contributed by atoms with E-state index in [1.54, 1.807) is 10.9 Å². The van der Waals surface area contributed by atoms with Crippen LogP contribution in [-0.4, -0.2) is 39.0 Å². The molecule has 0 saturated carbocycles. The third kappa shape index (κ3) is 3.30. The summed E-state index contributed by atoms with van der Waals surface area (Å²) >= 11 is 0. The van der Waals surface area contributed by atoms with Crippen LogP contribution in [0.25, 0.3) is 5.69 Å². The summed E-state index contributed by atoms with van der Waals surface area (Å²) in [5.41, 5.74) is 3.37. The monoisotopic (exact) mass is 329 g/mol. The van der Waals surface area contributed by atoms with Gasteiger partial charge in [-0.2, -0.15) is 5.10 Å². The second kappa shape index (κ2) is 6.45. The molecular weight excluding hydrogens is 310 g/mol. The van der Waals surface area contributed by atoms with E-state index in [2.05, 4.69) is 10.4 Å². The predicted molar refractivity (Wildman–Crippen MR) is 87.2 cm³/mol. The molecule has 2 heterocycles. The molecule has 0 spiro atoms. The Morgan fingerprint density at radius 3 is 2.62 bits per heavy atom. The minimum Gasteiger partial charge on any atom is -0.479 e. The summed E-state index contributed by atoms with van der Waals surface area (Å²) in [7, 11) is 0. The molecule has 0 radical (unpaired) electrons. The van der Waals surface area contributed by atoms with Crippen molar-refractivity contribution in [2.24, 2.45) is 0 Å². The topological polar surface area (TPSA) is 93.5 Å². The highest BCUT2D eigenvalue weighted by atomic mass is 16.5. The first-order valence-corrected chi connectivity index (χ1v) is 7.75. The standard InChI is InChI=1S/C17H19N3O4/c1-10-3-4-13(20-9-11(2)8-18-20)12(7-10)19-16(21)14-5-6-15(24-14)17(22)23/h3-4,7-9,14-15H,5-6H2,1-2H3,(H,19,21)(H,22,23)/t14-,15+/m0/s1. The first-order valence-electron chi connectivity index (χ1n) is 7.75. The van der Waals surface area contributed by atoms with E-state index in [0.29, 0.717) is 18.5 Å². The Bertz CT molecular complexity index is 784. The van der Waals surface area contributed by atoms with E-state index in [9.17, 15) is 9.59 Å². The zero-order chi connectivity index (χ0) is 17.3. The number of carbonyl (C=O) groups is 2. The molecule has 24 heavy (non-hydrogen) atoms. The molecule has 3 rings (SSSR count). The van der Waals surface area contributed by atoms with Crippen LogP contribution in [0.2, 0.25) is 0 Å². The summed E-state index contributed by atoms with van der Waals surface area (Å²) in [6.07, 6.45) is 2.68. The number of aliphatic carboxylic acids is 1. The molecule has 1 saturated heterocycles. The second-order valence-electron chi connectivity index (χ2n) is 6.00. The number of aromatic nitrogens is 2. The lowest BCUT2D eigenvalue weighted by Gasteiger charge is -2.15. The van der Waals surface area contributed by atoms with Crippen LogP contribution < -0.4 is 5.32 Å². The zero-order valence-corrected chi connectivity index (χ0v) is 13.5. The average Bonchev–Trinajstić information content (AvgIpc) is 3.16. The fraction of sp³-hybridized carbons (Fsp3) is 0.353. The molecule has 0 aliphatic carbocycles. The molecule has 2 aromatic rings. The number of carboxylic acid groups (broad SMARTS) is 1. The van der Waals surface area contributed by atoms with Crippen molar-refractivity contribution in [3.63, 3.8) is 0 Å². The number of nitrogens with zero attached hydrogens (tertiary/aromatic N) is 2. The zero-order valence-electron chi connectivity index (χ0n) is 13.5. The lowest BCUT2D eigenvalue weighted by molar-refractivity contribution is -0.150. The van der Waals surface area contributed by atoms with Crippen molar-refractivity contribution in [3.05, 3.63) is 41.7 Å². The summed E-state index contributed by atoms with van der Waals surface area (Å²) < 4.78 is 7.00. The smallest absolute Gasteiger partial charge is 0.332 e. The summed E-state index contributed by atoms with van der Waals surface area (Å²) in [5.74, 6) is -1.37. The number of rotatable bonds is 4. The van der Waals surface area contributed by atoms with Gasteiger partial charge in [0.2, 0.25) is 0 Å². The van der Waals surface area contributed by atoms with Gasteiger partial charge in [-0.3, -0.25) is 4.79 Å². The molecule has 1 aliphatic rings. The molecule has 1 amide bonds. The number of carbonyl (C=O) groups excluding carboxylic acids is 1. The highest BCUT2D eigenvalue weighted by Gasteiger charge is 2.34. The number of anilines is 1. The van der Waals surface area contributed by atoms with E-state index in [0.717, 1.165) is 16.8 Å². The minimum atomic E-state index is -1.03. The van der Waals surface area contributed by atoms with Crippen LogP contribution in [0.4, 0.5) is 5.69 Å². The average molecular weight is 329 g/mol. The SMILES string of the molecule is Cc1ccc(-n2cc(C)cn2)c(NC(=O)[C@@H]2CC[C@H](C(=O)O)O2)c1. The lowest BCUT2D eigenvalue weighted by Crippen LogP contribution is -2.30. The second-order valence-corrected chi connectivity index (χ2v) is 6.00. The number of carboxylic acids is 1. The van der Waals surface area contributed by atoms with Gasteiger partial charge in [-0.05, 0) is 49.9 Å². The van der Waals surface area contributed by atoms with Crippen molar-refractivity contribution in [1.29, 1.82) is 0 Å². The molecule has 2 atom stereocenters. The number of ether oxygens (including phenoxy) is 1. The van der Waals surface area contributed by atoms with Gasteiger partial charge in [-0.25, -0.2) is 9.48 Å². The molecule has 1 aliphatic heterocycles. The molecule has 1 aromatic carbocycles. The molecular formula is C17H19N3O4. The van der Waals surface area contributed by atoms with Crippen LogP contribution in [-0.2, 0) is 14.3 Å². The summed E-state index contributed by atoms with van der Waals surface area (Å²) in [6, 6.07) is 5.68. The molecule has 126 valence electrons. The van der Waals surface area contributed by atoms with E-state index in [-0.39, 0.29) is 5.91 Å². The van der Waals surface area contributed by atoms with Gasteiger partial charge in [0, 0.05) is 6.20 Å². The highest BCUT2D eigenvalue weighted by Crippen LogP contribution is 2.25. The van der Waals surface area contributed by atoms with Crippen molar-refractivity contribution in [3.8, 4) is 5.69 Å². The number of benzene rings is 1. The molecule has 1 aromatic heterocycles. The molecule has 2 N–H and O–H groups in total. The molecule has 7 heteroatoms. The Morgan fingerprint density at radius 1 is 1.25 bits per heavy atom. The van der Waals surface area contributed by atoms with Crippen LogP contribution in [0.5, 0.6) is 0 Å². The van der Waals surface area contributed by atoms with Gasteiger partial charge in [0.1, 0.15) is 6.10 Å². The Balaban J connectivity index is 1.81. The van der Waals surface area contributed by atoms with Gasteiger partial charge in [0.15, 0.2) is 6.10 Å². The van der Waals surface area contributed by atoms with Gasteiger partial charge in [-0.15, -0.1) is 0 Å². The van der Waals surface area contributed by atoms with E-state index in [4.69, 9.17) is 9.84 Å².